The van der Waals surface area contributed by atoms with Crippen molar-refractivity contribution in [3.63, 3.8) is 0 Å². The summed E-state index contributed by atoms with van der Waals surface area (Å²) in [5, 5.41) is 4.02. The highest BCUT2D eigenvalue weighted by Gasteiger charge is 2.21. The van der Waals surface area contributed by atoms with Crippen molar-refractivity contribution in [2.24, 2.45) is 0 Å². The molecule has 0 radical (unpaired) electrons. The number of benzene rings is 1. The number of hydrogen-bond acceptors (Lipinski definition) is 4. The molecule has 25 heavy (non-hydrogen) atoms. The molecule has 4 nitrogen and oxygen atoms in total. The van der Waals surface area contributed by atoms with Crippen LogP contribution in [0, 0.1) is 13.8 Å². The van der Waals surface area contributed by atoms with Crippen molar-refractivity contribution < 1.29 is 4.79 Å². The number of aromatic nitrogens is 2. The molecule has 0 bridgehead atoms. The number of rotatable bonds is 5. The summed E-state index contributed by atoms with van der Waals surface area (Å²) < 4.78 is 0. The van der Waals surface area contributed by atoms with E-state index in [0.717, 1.165) is 41.4 Å². The van der Waals surface area contributed by atoms with E-state index in [-0.39, 0.29) is 11.9 Å². The van der Waals surface area contributed by atoms with Gasteiger partial charge in [0.1, 0.15) is 0 Å². The van der Waals surface area contributed by atoms with Gasteiger partial charge in [-0.3, -0.25) is 4.79 Å². The number of carbonyl (C=O) groups excluding carboxylic acids is 1. The Morgan fingerprint density at radius 1 is 1.24 bits per heavy atom. The lowest BCUT2D eigenvalue weighted by atomic mass is 9.87. The molecule has 1 heterocycles. The van der Waals surface area contributed by atoms with Gasteiger partial charge in [-0.2, -0.15) is 0 Å². The van der Waals surface area contributed by atoms with Crippen LogP contribution < -0.4 is 5.32 Å². The van der Waals surface area contributed by atoms with Crippen LogP contribution in [0.5, 0.6) is 0 Å². The summed E-state index contributed by atoms with van der Waals surface area (Å²) in [5.74, 6) is 0.106. The monoisotopic (exact) mass is 355 g/mol. The van der Waals surface area contributed by atoms with Crippen molar-refractivity contribution in [3.8, 4) is 0 Å². The van der Waals surface area contributed by atoms with Crippen LogP contribution in [-0.2, 0) is 17.6 Å². The molecule has 1 aliphatic carbocycles. The van der Waals surface area contributed by atoms with Crippen LogP contribution in [0.4, 0.5) is 0 Å². The Morgan fingerprint density at radius 3 is 2.68 bits per heavy atom. The smallest absolute Gasteiger partial charge is 0.220 e. The van der Waals surface area contributed by atoms with Gasteiger partial charge in [-0.1, -0.05) is 36.0 Å². The summed E-state index contributed by atoms with van der Waals surface area (Å²) in [6, 6.07) is 8.59. The van der Waals surface area contributed by atoms with Crippen molar-refractivity contribution in [2.75, 3.05) is 6.26 Å². The zero-order valence-corrected chi connectivity index (χ0v) is 15.9. The quantitative estimate of drug-likeness (QED) is 0.652. The molecule has 0 fully saturated rings. The van der Waals surface area contributed by atoms with Crippen molar-refractivity contribution in [2.45, 2.75) is 57.1 Å². The van der Waals surface area contributed by atoms with Crippen LogP contribution >= 0.6 is 11.8 Å². The molecule has 1 aromatic heterocycles. The lowest BCUT2D eigenvalue weighted by molar-refractivity contribution is -0.121. The topological polar surface area (TPSA) is 54.9 Å². The highest BCUT2D eigenvalue weighted by molar-refractivity contribution is 7.98. The maximum Gasteiger partial charge on any atom is 0.220 e. The third-order valence-electron chi connectivity index (χ3n) is 4.89. The van der Waals surface area contributed by atoms with Gasteiger partial charge in [0.15, 0.2) is 5.16 Å². The second kappa shape index (κ2) is 8.00. The van der Waals surface area contributed by atoms with Crippen molar-refractivity contribution in [1.29, 1.82) is 0 Å². The second-order valence-electron chi connectivity index (χ2n) is 6.57. The fourth-order valence-electron chi connectivity index (χ4n) is 3.57. The van der Waals surface area contributed by atoms with Gasteiger partial charge < -0.3 is 5.32 Å². The van der Waals surface area contributed by atoms with Gasteiger partial charge in [0.25, 0.3) is 0 Å². The van der Waals surface area contributed by atoms with Crippen LogP contribution in [0.25, 0.3) is 0 Å². The predicted octanol–water partition coefficient (Wildman–Crippen LogP) is 3.94. The van der Waals surface area contributed by atoms with Gasteiger partial charge in [0.05, 0.1) is 6.04 Å². The Labute approximate surface area is 153 Å². The highest BCUT2D eigenvalue weighted by Crippen LogP contribution is 2.29. The zero-order chi connectivity index (χ0) is 17.8. The summed E-state index contributed by atoms with van der Waals surface area (Å²) in [7, 11) is 0. The van der Waals surface area contributed by atoms with Crippen LogP contribution in [0.1, 0.15) is 53.4 Å². The Balaban J connectivity index is 1.63. The minimum absolute atomic E-state index is 0.106. The summed E-state index contributed by atoms with van der Waals surface area (Å²) in [4.78, 5) is 21.5. The van der Waals surface area contributed by atoms with Gasteiger partial charge in [-0.15, -0.1) is 0 Å². The second-order valence-corrected chi connectivity index (χ2v) is 7.34. The van der Waals surface area contributed by atoms with E-state index in [1.807, 2.05) is 20.1 Å². The molecule has 0 spiro atoms. The highest BCUT2D eigenvalue weighted by atomic mass is 32.2. The van der Waals surface area contributed by atoms with Gasteiger partial charge in [0.2, 0.25) is 5.91 Å². The third kappa shape index (κ3) is 4.21. The largest absolute Gasteiger partial charge is 0.349 e. The number of hydrogen-bond donors (Lipinski definition) is 1. The molecule has 0 saturated carbocycles. The first-order chi connectivity index (χ1) is 12.1. The minimum Gasteiger partial charge on any atom is -0.349 e. The SMILES string of the molecule is CSc1nc(C)c(CCC(=O)N[C@H]2CCCc3ccccc32)c(C)n1. The van der Waals surface area contributed by atoms with E-state index in [0.29, 0.717) is 12.8 Å². The van der Waals surface area contributed by atoms with Crippen molar-refractivity contribution in [1.82, 2.24) is 15.3 Å². The van der Waals surface area contributed by atoms with Crippen LogP contribution in [0.15, 0.2) is 29.4 Å². The normalized spacial score (nSPS) is 16.4. The minimum atomic E-state index is 0.106. The number of thioether (sulfide) groups is 1. The molecule has 1 aliphatic rings. The summed E-state index contributed by atoms with van der Waals surface area (Å²) in [5.41, 5.74) is 5.70. The van der Waals surface area contributed by atoms with E-state index in [2.05, 4.69) is 39.6 Å². The number of amides is 1. The molecule has 5 heteroatoms. The Morgan fingerprint density at radius 2 is 1.96 bits per heavy atom. The van der Waals surface area contributed by atoms with Crippen LogP contribution in [0.3, 0.4) is 0 Å². The Hall–Kier alpha value is -1.88. The molecule has 1 aromatic carbocycles. The lowest BCUT2D eigenvalue weighted by Crippen LogP contribution is -2.31. The Bertz CT molecular complexity index is 752. The fraction of sp³-hybridized carbons (Fsp3) is 0.450. The first-order valence-electron chi connectivity index (χ1n) is 8.83. The standard InChI is InChI=1S/C20H25N3OS/c1-13-16(14(2)22-20(21-13)25-3)11-12-19(24)23-18-10-6-8-15-7-4-5-9-17(15)18/h4-5,7,9,18H,6,8,10-12H2,1-3H3,(H,23,24)/t18-/m0/s1. The fourth-order valence-corrected chi connectivity index (χ4v) is 4.03. The average Bonchev–Trinajstić information content (AvgIpc) is 2.61. The number of aryl methyl sites for hydroxylation is 3. The summed E-state index contributed by atoms with van der Waals surface area (Å²) >= 11 is 1.55. The van der Waals surface area contributed by atoms with Gasteiger partial charge in [0, 0.05) is 17.8 Å². The molecule has 0 unspecified atom stereocenters. The lowest BCUT2D eigenvalue weighted by Gasteiger charge is -2.26. The molecular formula is C20H25N3OS. The van der Waals surface area contributed by atoms with E-state index >= 15 is 0 Å². The molecule has 132 valence electrons. The van der Waals surface area contributed by atoms with Gasteiger partial charge >= 0.3 is 0 Å². The summed E-state index contributed by atoms with van der Waals surface area (Å²) in [6.07, 6.45) is 6.40. The molecule has 1 atom stereocenters. The van der Waals surface area contributed by atoms with E-state index < -0.39 is 0 Å². The molecule has 0 saturated heterocycles. The molecule has 2 aromatic rings. The van der Waals surface area contributed by atoms with Gasteiger partial charge in [-0.05, 0) is 62.5 Å². The van der Waals surface area contributed by atoms with Crippen molar-refractivity contribution in [3.05, 3.63) is 52.3 Å². The van der Waals surface area contributed by atoms with E-state index in [1.165, 1.54) is 11.1 Å². The first-order valence-corrected chi connectivity index (χ1v) is 10.1. The molecule has 1 N–H and O–H groups in total. The number of carbonyl (C=O) groups is 1. The number of fused-ring (bicyclic) bond motifs is 1. The summed E-state index contributed by atoms with van der Waals surface area (Å²) in [6.45, 7) is 4.00. The molecule has 0 aliphatic heterocycles. The predicted molar refractivity (Wildman–Crippen MR) is 102 cm³/mol. The maximum absolute atomic E-state index is 12.5. The zero-order valence-electron chi connectivity index (χ0n) is 15.1. The number of nitrogens with zero attached hydrogens (tertiary/aromatic N) is 2. The average molecular weight is 356 g/mol. The van der Waals surface area contributed by atoms with E-state index in [4.69, 9.17) is 0 Å². The maximum atomic E-state index is 12.5. The van der Waals surface area contributed by atoms with Crippen molar-refractivity contribution >= 4 is 17.7 Å². The third-order valence-corrected chi connectivity index (χ3v) is 5.44. The van der Waals surface area contributed by atoms with E-state index in [9.17, 15) is 4.79 Å². The molecule has 3 rings (SSSR count). The molecular weight excluding hydrogens is 330 g/mol. The van der Waals surface area contributed by atoms with Gasteiger partial charge in [-0.25, -0.2) is 9.97 Å². The first kappa shape index (κ1) is 17.9. The van der Waals surface area contributed by atoms with Crippen LogP contribution in [-0.4, -0.2) is 22.1 Å². The van der Waals surface area contributed by atoms with E-state index in [1.54, 1.807) is 11.8 Å². The van der Waals surface area contributed by atoms with Crippen LogP contribution in [0.2, 0.25) is 0 Å². The molecule has 1 amide bonds. The number of nitrogens with one attached hydrogen (secondary N) is 1. The Kier molecular flexibility index (Phi) is 5.74.